The van der Waals surface area contributed by atoms with Crippen LogP contribution in [0.15, 0.2) is 36.4 Å². The number of anilines is 1. The van der Waals surface area contributed by atoms with Gasteiger partial charge in [0.15, 0.2) is 0 Å². The van der Waals surface area contributed by atoms with Crippen molar-refractivity contribution in [2.45, 2.75) is 60.0 Å². The van der Waals surface area contributed by atoms with E-state index in [9.17, 15) is 0 Å². The molecule has 130 valence electrons. The van der Waals surface area contributed by atoms with E-state index in [4.69, 9.17) is 10.5 Å². The fraction of sp³-hybridized carbons (Fsp3) is 0.455. The minimum absolute atomic E-state index is 0.0878. The first-order valence-electron chi connectivity index (χ1n) is 9.03. The van der Waals surface area contributed by atoms with E-state index in [1.54, 1.807) is 0 Å². The topological polar surface area (TPSA) is 35.2 Å². The molecule has 0 aliphatic rings. The van der Waals surface area contributed by atoms with Crippen LogP contribution in [0.3, 0.4) is 0 Å². The Bertz CT molecular complexity index is 658. The van der Waals surface area contributed by atoms with Crippen molar-refractivity contribution >= 4 is 5.69 Å². The molecule has 0 amide bonds. The van der Waals surface area contributed by atoms with Crippen molar-refractivity contribution in [2.75, 3.05) is 5.73 Å². The van der Waals surface area contributed by atoms with Crippen LogP contribution < -0.4 is 10.5 Å². The average molecular weight is 325 g/mol. The Hall–Kier alpha value is -1.96. The van der Waals surface area contributed by atoms with E-state index >= 15 is 0 Å². The second-order valence-electron chi connectivity index (χ2n) is 7.14. The minimum atomic E-state index is 0.0878. The molecular weight excluding hydrogens is 294 g/mol. The molecule has 0 radical (unpaired) electrons. The lowest BCUT2D eigenvalue weighted by atomic mass is 9.98. The van der Waals surface area contributed by atoms with Gasteiger partial charge >= 0.3 is 0 Å². The first kappa shape index (κ1) is 18.4. The lowest BCUT2D eigenvalue weighted by Gasteiger charge is -2.22. The zero-order valence-electron chi connectivity index (χ0n) is 15.7. The van der Waals surface area contributed by atoms with E-state index in [2.05, 4.69) is 52.0 Å². The Morgan fingerprint density at radius 1 is 0.958 bits per heavy atom. The number of hydrogen-bond acceptors (Lipinski definition) is 2. The highest BCUT2D eigenvalue weighted by Crippen LogP contribution is 2.32. The average Bonchev–Trinajstić information content (AvgIpc) is 2.55. The van der Waals surface area contributed by atoms with E-state index < -0.39 is 0 Å². The summed E-state index contributed by atoms with van der Waals surface area (Å²) in [6, 6.07) is 12.8. The van der Waals surface area contributed by atoms with E-state index in [0.29, 0.717) is 5.92 Å². The molecule has 2 aromatic rings. The normalized spacial score (nSPS) is 12.4. The molecule has 0 saturated heterocycles. The van der Waals surface area contributed by atoms with E-state index in [-0.39, 0.29) is 6.10 Å². The maximum atomic E-state index is 6.37. The van der Waals surface area contributed by atoms with Gasteiger partial charge in [-0.05, 0) is 67.0 Å². The molecule has 2 N–H and O–H groups in total. The zero-order valence-corrected chi connectivity index (χ0v) is 15.7. The highest BCUT2D eigenvalue weighted by atomic mass is 16.5. The summed E-state index contributed by atoms with van der Waals surface area (Å²) < 4.78 is 6.37. The van der Waals surface area contributed by atoms with Gasteiger partial charge in [0.25, 0.3) is 0 Å². The summed E-state index contributed by atoms with van der Waals surface area (Å²) in [4.78, 5) is 0. The predicted molar refractivity (Wildman–Crippen MR) is 104 cm³/mol. The van der Waals surface area contributed by atoms with Gasteiger partial charge in [-0.2, -0.15) is 0 Å². The summed E-state index contributed by atoms with van der Waals surface area (Å²) in [7, 11) is 0. The number of nitrogens with two attached hydrogens (primary N) is 1. The molecule has 0 heterocycles. The fourth-order valence-corrected chi connectivity index (χ4v) is 2.99. The van der Waals surface area contributed by atoms with E-state index in [0.717, 1.165) is 41.8 Å². The maximum absolute atomic E-state index is 6.37. The van der Waals surface area contributed by atoms with Gasteiger partial charge in [-0.25, -0.2) is 0 Å². The monoisotopic (exact) mass is 325 g/mol. The summed E-state index contributed by atoms with van der Waals surface area (Å²) in [5.41, 5.74) is 11.7. The Morgan fingerprint density at radius 2 is 1.62 bits per heavy atom. The molecule has 24 heavy (non-hydrogen) atoms. The van der Waals surface area contributed by atoms with Crippen LogP contribution in [-0.4, -0.2) is 0 Å². The lowest BCUT2D eigenvalue weighted by Crippen LogP contribution is -2.09. The van der Waals surface area contributed by atoms with Crippen LogP contribution >= 0.6 is 0 Å². The molecule has 0 saturated carbocycles. The molecule has 0 bridgehead atoms. The lowest BCUT2D eigenvalue weighted by molar-refractivity contribution is 0.192. The van der Waals surface area contributed by atoms with Gasteiger partial charge in [-0.15, -0.1) is 0 Å². The summed E-state index contributed by atoms with van der Waals surface area (Å²) in [5, 5.41) is 0. The summed E-state index contributed by atoms with van der Waals surface area (Å²) >= 11 is 0. The van der Waals surface area contributed by atoms with Gasteiger partial charge in [-0.1, -0.05) is 51.5 Å². The molecule has 0 aromatic heterocycles. The molecule has 0 aliphatic carbocycles. The second-order valence-corrected chi connectivity index (χ2v) is 7.14. The van der Waals surface area contributed by atoms with Crippen LogP contribution in [0.4, 0.5) is 5.69 Å². The molecule has 0 fully saturated rings. The van der Waals surface area contributed by atoms with E-state index in [1.165, 1.54) is 11.1 Å². The molecule has 1 unspecified atom stereocenters. The third-order valence-corrected chi connectivity index (χ3v) is 4.59. The molecule has 2 aromatic carbocycles. The first-order chi connectivity index (χ1) is 11.4. The van der Waals surface area contributed by atoms with Crippen molar-refractivity contribution in [3.8, 4) is 5.75 Å². The van der Waals surface area contributed by atoms with Crippen molar-refractivity contribution in [2.24, 2.45) is 5.92 Å². The van der Waals surface area contributed by atoms with Crippen molar-refractivity contribution in [3.63, 3.8) is 0 Å². The summed E-state index contributed by atoms with van der Waals surface area (Å²) in [6.07, 6.45) is 3.30. The largest absolute Gasteiger partial charge is 0.485 e. The molecule has 2 heteroatoms. The van der Waals surface area contributed by atoms with Crippen LogP contribution in [0.2, 0.25) is 0 Å². The van der Waals surface area contributed by atoms with Crippen molar-refractivity contribution in [1.29, 1.82) is 0 Å². The van der Waals surface area contributed by atoms with Gasteiger partial charge in [0.1, 0.15) is 11.9 Å². The van der Waals surface area contributed by atoms with Crippen molar-refractivity contribution in [1.82, 2.24) is 0 Å². The van der Waals surface area contributed by atoms with Gasteiger partial charge < -0.3 is 10.5 Å². The Labute approximate surface area is 147 Å². The molecule has 0 aliphatic heterocycles. The van der Waals surface area contributed by atoms with Crippen LogP contribution in [0.25, 0.3) is 0 Å². The quantitative estimate of drug-likeness (QED) is 0.633. The Balaban J connectivity index is 2.22. The zero-order chi connectivity index (χ0) is 17.7. The highest BCUT2D eigenvalue weighted by Gasteiger charge is 2.15. The standard InChI is InChI=1S/C22H31NO/c1-6-7-22(19-10-8-18(9-11-19)14-15(2)3)24-21-13-12-20(23)16(4)17(21)5/h8-13,15,22H,6-7,14,23H2,1-5H3. The highest BCUT2D eigenvalue weighted by molar-refractivity contribution is 5.55. The van der Waals surface area contributed by atoms with Gasteiger partial charge in [-0.3, -0.25) is 0 Å². The third kappa shape index (κ3) is 4.53. The van der Waals surface area contributed by atoms with E-state index in [1.807, 2.05) is 19.1 Å². The number of nitrogen functional groups attached to an aromatic ring is 1. The van der Waals surface area contributed by atoms with Crippen LogP contribution in [0.1, 0.15) is 62.0 Å². The number of hydrogen-bond donors (Lipinski definition) is 1. The van der Waals surface area contributed by atoms with Gasteiger partial charge in [0.05, 0.1) is 0 Å². The second kappa shape index (κ2) is 8.23. The van der Waals surface area contributed by atoms with Crippen LogP contribution in [-0.2, 0) is 6.42 Å². The molecule has 0 spiro atoms. The maximum Gasteiger partial charge on any atom is 0.124 e. The summed E-state index contributed by atoms with van der Waals surface area (Å²) in [5.74, 6) is 1.62. The van der Waals surface area contributed by atoms with Gasteiger partial charge in [0.2, 0.25) is 0 Å². The fourth-order valence-electron chi connectivity index (χ4n) is 2.99. The van der Waals surface area contributed by atoms with Gasteiger partial charge in [0, 0.05) is 5.69 Å². The smallest absolute Gasteiger partial charge is 0.124 e. The van der Waals surface area contributed by atoms with Crippen molar-refractivity contribution < 1.29 is 4.74 Å². The molecule has 2 rings (SSSR count). The van der Waals surface area contributed by atoms with Crippen molar-refractivity contribution in [3.05, 3.63) is 58.7 Å². The number of benzene rings is 2. The summed E-state index contributed by atoms with van der Waals surface area (Å²) in [6.45, 7) is 10.8. The Kier molecular flexibility index (Phi) is 6.30. The van der Waals surface area contributed by atoms with Crippen LogP contribution in [0, 0.1) is 19.8 Å². The molecular formula is C22H31NO. The molecule has 1 atom stereocenters. The van der Waals surface area contributed by atoms with Crippen LogP contribution in [0.5, 0.6) is 5.75 Å². The minimum Gasteiger partial charge on any atom is -0.485 e. The first-order valence-corrected chi connectivity index (χ1v) is 9.03. The molecule has 2 nitrogen and oxygen atoms in total. The third-order valence-electron chi connectivity index (χ3n) is 4.59. The number of rotatable bonds is 7. The SMILES string of the molecule is CCCC(Oc1ccc(N)c(C)c1C)c1ccc(CC(C)C)cc1. The predicted octanol–water partition coefficient (Wildman–Crippen LogP) is 6.00. The number of ether oxygens (including phenoxy) is 1. The Morgan fingerprint density at radius 3 is 2.21 bits per heavy atom.